The molecule has 3 rings (SSSR count). The van der Waals surface area contributed by atoms with Crippen molar-refractivity contribution in [2.24, 2.45) is 23.7 Å². The lowest BCUT2D eigenvalue weighted by atomic mass is 9.87. The van der Waals surface area contributed by atoms with Gasteiger partial charge in [-0.15, -0.1) is 0 Å². The van der Waals surface area contributed by atoms with Crippen LogP contribution >= 0.6 is 0 Å². The van der Waals surface area contributed by atoms with Crippen LogP contribution in [0.15, 0.2) is 0 Å². The summed E-state index contributed by atoms with van der Waals surface area (Å²) >= 11 is 0. The molecule has 3 unspecified atom stereocenters. The number of ether oxygens (including phenoxy) is 3. The number of nitrogens with one attached hydrogen (secondary N) is 1. The van der Waals surface area contributed by atoms with Crippen molar-refractivity contribution in [3.63, 3.8) is 0 Å². The molecule has 260 valence electrons. The maximum absolute atomic E-state index is 13.1. The van der Waals surface area contributed by atoms with Gasteiger partial charge in [0.25, 0.3) is 0 Å². The molecule has 0 amide bonds. The first-order valence-corrected chi connectivity index (χ1v) is 16.5. The fraction of sp³-hybridized carbons (Fsp3) is 0.912. The summed E-state index contributed by atoms with van der Waals surface area (Å²) in [5.41, 5.74) is -2.34. The molecule has 11 heteroatoms. The van der Waals surface area contributed by atoms with Gasteiger partial charge in [-0.2, -0.15) is 10.1 Å². The fourth-order valence-electron chi connectivity index (χ4n) is 8.15. The van der Waals surface area contributed by atoms with Gasteiger partial charge in [-0.05, 0) is 108 Å². The molecule has 0 aliphatic carbocycles. The number of rotatable bonds is 12. The number of carbonyl (C=O) groups excluding carboxylic acids is 3. The summed E-state index contributed by atoms with van der Waals surface area (Å²) in [6.45, 7) is 24.4. The molecule has 3 fully saturated rings. The Labute approximate surface area is 270 Å². The average Bonchev–Trinajstić information content (AvgIpc) is 3.27. The van der Waals surface area contributed by atoms with Crippen LogP contribution in [0, 0.1) is 23.7 Å². The van der Waals surface area contributed by atoms with E-state index in [0.717, 1.165) is 6.42 Å². The zero-order valence-corrected chi connectivity index (χ0v) is 29.9. The number of hydrogen-bond acceptors (Lipinski definition) is 11. The monoisotopic (exact) mass is 639 g/mol. The van der Waals surface area contributed by atoms with Crippen LogP contribution in [0.1, 0.15) is 122 Å². The molecule has 0 saturated carbocycles. The SMILES string of the molecule is CC1(C)CC(COC(=O)CC(CC(=O)OCC2CC(C)(C)N(O)C2(C)C)CC(=O)OCC2CC(C)(C)N(O)C2(C)C)C(C)(C)N1. The molecule has 0 radical (unpaired) electrons. The number of carbonyl (C=O) groups is 3. The van der Waals surface area contributed by atoms with Gasteiger partial charge < -0.3 is 29.9 Å². The maximum atomic E-state index is 13.1. The third-order valence-corrected chi connectivity index (χ3v) is 10.9. The zero-order chi connectivity index (χ0) is 34.4. The minimum Gasteiger partial charge on any atom is -0.465 e. The Morgan fingerprint density at radius 1 is 0.622 bits per heavy atom. The summed E-state index contributed by atoms with van der Waals surface area (Å²) in [7, 11) is 0. The summed E-state index contributed by atoms with van der Waals surface area (Å²) in [5.74, 6) is -2.20. The Balaban J connectivity index is 1.62. The minimum atomic E-state index is -0.659. The standard InChI is InChI=1S/C34H61N3O8/c1-29(2)16-23(32(7,8)35-29)19-43-26(38)13-22(14-27(39)44-20-24-17-30(3,4)36(41)33(24,9)10)15-28(40)45-21-25-18-31(5,6)37(42)34(25,11)12/h22-25,35,41-42H,13-21H2,1-12H3. The van der Waals surface area contributed by atoms with Gasteiger partial charge in [0, 0.05) is 70.2 Å². The van der Waals surface area contributed by atoms with Crippen molar-refractivity contribution < 1.29 is 39.0 Å². The minimum absolute atomic E-state index is 0.0665. The zero-order valence-electron chi connectivity index (χ0n) is 29.9. The molecule has 3 N–H and O–H groups in total. The fourth-order valence-corrected chi connectivity index (χ4v) is 8.15. The van der Waals surface area contributed by atoms with Crippen LogP contribution in [-0.2, 0) is 28.6 Å². The molecule has 0 aromatic heterocycles. The Hall–Kier alpha value is -1.79. The van der Waals surface area contributed by atoms with Crippen LogP contribution in [0.5, 0.6) is 0 Å². The van der Waals surface area contributed by atoms with Crippen molar-refractivity contribution in [1.82, 2.24) is 15.4 Å². The normalized spacial score (nSPS) is 30.1. The Kier molecular flexibility index (Phi) is 10.9. The molecule has 3 heterocycles. The van der Waals surface area contributed by atoms with Gasteiger partial charge >= 0.3 is 17.9 Å². The molecule has 0 spiro atoms. The highest BCUT2D eigenvalue weighted by atomic mass is 16.5. The Bertz CT molecular complexity index is 1040. The smallest absolute Gasteiger partial charge is 0.306 e. The van der Waals surface area contributed by atoms with E-state index in [1.54, 1.807) is 0 Å². The summed E-state index contributed by atoms with van der Waals surface area (Å²) in [6.07, 6.45) is 1.75. The van der Waals surface area contributed by atoms with Gasteiger partial charge in [0.1, 0.15) is 0 Å². The molecule has 45 heavy (non-hydrogen) atoms. The second-order valence-electron chi connectivity index (χ2n) is 17.5. The van der Waals surface area contributed by atoms with E-state index in [2.05, 4.69) is 33.0 Å². The quantitative estimate of drug-likeness (QED) is 0.194. The van der Waals surface area contributed by atoms with Gasteiger partial charge in [-0.3, -0.25) is 14.4 Å². The molecular weight excluding hydrogens is 578 g/mol. The van der Waals surface area contributed by atoms with Crippen LogP contribution in [0.25, 0.3) is 0 Å². The summed E-state index contributed by atoms with van der Waals surface area (Å²) in [4.78, 5) is 39.2. The van der Waals surface area contributed by atoms with E-state index in [1.807, 2.05) is 55.4 Å². The van der Waals surface area contributed by atoms with Gasteiger partial charge in [0.15, 0.2) is 0 Å². The third kappa shape index (κ3) is 8.77. The number of esters is 3. The van der Waals surface area contributed by atoms with Crippen LogP contribution in [-0.4, -0.2) is 91.5 Å². The molecule has 11 nitrogen and oxygen atoms in total. The molecule has 0 aromatic carbocycles. The first-order chi connectivity index (χ1) is 20.3. The second kappa shape index (κ2) is 13.0. The molecule has 0 bridgehead atoms. The topological polar surface area (TPSA) is 138 Å². The summed E-state index contributed by atoms with van der Waals surface area (Å²) < 4.78 is 17.0. The van der Waals surface area contributed by atoms with Crippen molar-refractivity contribution in [2.75, 3.05) is 19.8 Å². The maximum Gasteiger partial charge on any atom is 0.306 e. The van der Waals surface area contributed by atoms with E-state index >= 15 is 0 Å². The average molecular weight is 640 g/mol. The Morgan fingerprint density at radius 2 is 0.956 bits per heavy atom. The summed E-state index contributed by atoms with van der Waals surface area (Å²) in [5, 5.41) is 27.5. The first kappa shape index (κ1) is 37.7. The van der Waals surface area contributed by atoms with E-state index in [1.165, 1.54) is 10.1 Å². The number of hydroxylamine groups is 4. The van der Waals surface area contributed by atoms with Gasteiger partial charge in [-0.1, -0.05) is 0 Å². The third-order valence-electron chi connectivity index (χ3n) is 10.9. The van der Waals surface area contributed by atoms with Crippen LogP contribution in [0.2, 0.25) is 0 Å². The van der Waals surface area contributed by atoms with Crippen LogP contribution in [0.3, 0.4) is 0 Å². The predicted octanol–water partition coefficient (Wildman–Crippen LogP) is 5.11. The van der Waals surface area contributed by atoms with Crippen molar-refractivity contribution in [1.29, 1.82) is 0 Å². The molecule has 3 aliphatic rings. The van der Waals surface area contributed by atoms with E-state index < -0.39 is 46.0 Å². The van der Waals surface area contributed by atoms with Crippen LogP contribution in [0.4, 0.5) is 0 Å². The van der Waals surface area contributed by atoms with Crippen molar-refractivity contribution in [2.45, 2.75) is 155 Å². The highest BCUT2D eigenvalue weighted by molar-refractivity contribution is 5.76. The lowest BCUT2D eigenvalue weighted by Gasteiger charge is -2.35. The predicted molar refractivity (Wildman–Crippen MR) is 169 cm³/mol. The highest BCUT2D eigenvalue weighted by Crippen LogP contribution is 2.45. The molecular formula is C34H61N3O8. The van der Waals surface area contributed by atoms with Gasteiger partial charge in [0.2, 0.25) is 0 Å². The lowest BCUT2D eigenvalue weighted by molar-refractivity contribution is -0.199. The largest absolute Gasteiger partial charge is 0.465 e. The number of nitrogens with zero attached hydrogens (tertiary/aromatic N) is 2. The summed E-state index contributed by atoms with van der Waals surface area (Å²) in [6, 6.07) is 0. The molecule has 3 atom stereocenters. The van der Waals surface area contributed by atoms with E-state index in [9.17, 15) is 24.8 Å². The van der Waals surface area contributed by atoms with Crippen molar-refractivity contribution in [3.8, 4) is 0 Å². The highest BCUT2D eigenvalue weighted by Gasteiger charge is 2.53. The van der Waals surface area contributed by atoms with Gasteiger partial charge in [0.05, 0.1) is 19.8 Å². The van der Waals surface area contributed by atoms with E-state index in [0.29, 0.717) is 12.8 Å². The first-order valence-electron chi connectivity index (χ1n) is 16.5. The van der Waals surface area contributed by atoms with Crippen molar-refractivity contribution >= 4 is 17.9 Å². The van der Waals surface area contributed by atoms with Crippen molar-refractivity contribution in [3.05, 3.63) is 0 Å². The number of hydrogen-bond donors (Lipinski definition) is 3. The molecule has 3 aliphatic heterocycles. The van der Waals surface area contributed by atoms with E-state index in [4.69, 9.17) is 14.2 Å². The molecule has 0 aromatic rings. The Morgan fingerprint density at radius 3 is 1.22 bits per heavy atom. The second-order valence-corrected chi connectivity index (χ2v) is 17.5. The van der Waals surface area contributed by atoms with Gasteiger partial charge in [-0.25, -0.2) is 0 Å². The lowest BCUT2D eigenvalue weighted by Crippen LogP contribution is -2.47. The van der Waals surface area contributed by atoms with Crippen LogP contribution < -0.4 is 5.32 Å². The van der Waals surface area contributed by atoms with E-state index in [-0.39, 0.29) is 67.9 Å². The molecule has 3 saturated heterocycles.